The van der Waals surface area contributed by atoms with Crippen LogP contribution in [-0.4, -0.2) is 39.8 Å². The van der Waals surface area contributed by atoms with Crippen LogP contribution < -0.4 is 19.8 Å². The van der Waals surface area contributed by atoms with Crippen LogP contribution in [0.3, 0.4) is 0 Å². The van der Waals surface area contributed by atoms with E-state index in [1.54, 1.807) is 55.6 Å². The van der Waals surface area contributed by atoms with E-state index in [4.69, 9.17) is 16.3 Å². The largest absolute Gasteiger partial charge is 0.508 e. The van der Waals surface area contributed by atoms with Crippen molar-refractivity contribution in [2.75, 3.05) is 17.3 Å². The standard InChI is InChI=1S/C29H22ClN3O6S2/c1-39-20-12-2-15(3-13-20)22-23-24(27(37)33(26(23)36)18-8-4-16(30)5-9-18)40-28-25(22)41-29(38)32(28)14-21(35)31-17-6-10-19(34)11-7-17/h2-13,22-24,34H,14H2,1H3,(H,31,35)/t22-,23?,24?/m1/s1. The van der Waals surface area contributed by atoms with Crippen molar-refractivity contribution in [3.05, 3.63) is 97.9 Å². The Kier molecular flexibility index (Phi) is 7.10. The van der Waals surface area contributed by atoms with Gasteiger partial charge in [-0.15, -0.1) is 0 Å². The molecule has 3 amide bonds. The molecule has 1 saturated heterocycles. The fourth-order valence-corrected chi connectivity index (χ4v) is 8.06. The topological polar surface area (TPSA) is 118 Å². The predicted octanol–water partition coefficient (Wildman–Crippen LogP) is 4.71. The third-order valence-electron chi connectivity index (χ3n) is 7.06. The number of aromatic hydroxyl groups is 1. The lowest BCUT2D eigenvalue weighted by atomic mass is 9.83. The van der Waals surface area contributed by atoms with Gasteiger partial charge < -0.3 is 15.2 Å². The number of aromatic nitrogens is 1. The molecule has 2 N–H and O–H groups in total. The summed E-state index contributed by atoms with van der Waals surface area (Å²) >= 11 is 8.16. The molecule has 0 saturated carbocycles. The van der Waals surface area contributed by atoms with E-state index in [2.05, 4.69) is 5.32 Å². The molecule has 1 aromatic heterocycles. The fourth-order valence-electron chi connectivity index (χ4n) is 5.16. The van der Waals surface area contributed by atoms with Crippen molar-refractivity contribution in [1.29, 1.82) is 0 Å². The number of amides is 3. The third kappa shape index (κ3) is 4.90. The maximum Gasteiger partial charge on any atom is 0.308 e. The Morgan fingerprint density at radius 2 is 1.66 bits per heavy atom. The summed E-state index contributed by atoms with van der Waals surface area (Å²) in [5.41, 5.74) is 1.63. The molecule has 0 bridgehead atoms. The van der Waals surface area contributed by atoms with Crippen molar-refractivity contribution in [3.8, 4) is 11.5 Å². The monoisotopic (exact) mass is 607 g/mol. The molecule has 208 valence electrons. The Balaban J connectivity index is 1.40. The summed E-state index contributed by atoms with van der Waals surface area (Å²) < 4.78 is 6.66. The minimum Gasteiger partial charge on any atom is -0.508 e. The third-order valence-corrected chi connectivity index (χ3v) is 9.92. The van der Waals surface area contributed by atoms with Gasteiger partial charge in [0.05, 0.1) is 23.7 Å². The molecule has 4 aromatic rings. The second-order valence-electron chi connectivity index (χ2n) is 9.52. The highest BCUT2D eigenvalue weighted by Gasteiger charge is 2.56. The van der Waals surface area contributed by atoms with E-state index in [0.29, 0.717) is 32.1 Å². The summed E-state index contributed by atoms with van der Waals surface area (Å²) in [6.07, 6.45) is 0. The molecular formula is C29H22ClN3O6S2. The van der Waals surface area contributed by atoms with Crippen molar-refractivity contribution < 1.29 is 24.2 Å². The first-order valence-electron chi connectivity index (χ1n) is 12.5. The van der Waals surface area contributed by atoms with Gasteiger partial charge in [0, 0.05) is 21.5 Å². The number of nitrogens with one attached hydrogen (secondary N) is 1. The first-order valence-corrected chi connectivity index (χ1v) is 14.6. The zero-order chi connectivity index (χ0) is 28.8. The number of thioether (sulfide) groups is 1. The highest BCUT2D eigenvalue weighted by atomic mass is 35.5. The van der Waals surface area contributed by atoms with Crippen LogP contribution in [0, 0.1) is 5.92 Å². The number of ether oxygens (including phenoxy) is 1. The number of carbonyl (C=O) groups is 3. The SMILES string of the molecule is COc1ccc([C@H]2c3sc(=O)n(CC(=O)Nc4ccc(O)cc4)c3SC3C(=O)N(c4ccc(Cl)cc4)C(=O)C32)cc1. The van der Waals surface area contributed by atoms with Gasteiger partial charge in [0.2, 0.25) is 17.7 Å². The van der Waals surface area contributed by atoms with E-state index in [1.165, 1.54) is 21.6 Å². The number of carbonyl (C=O) groups excluding carboxylic acids is 3. The number of anilines is 2. The molecule has 9 nitrogen and oxygen atoms in total. The van der Waals surface area contributed by atoms with Crippen LogP contribution in [0.1, 0.15) is 16.4 Å². The molecule has 0 spiro atoms. The van der Waals surface area contributed by atoms with Gasteiger partial charge in [-0.05, 0) is 66.2 Å². The van der Waals surface area contributed by atoms with Gasteiger partial charge >= 0.3 is 4.87 Å². The van der Waals surface area contributed by atoms with E-state index in [-0.39, 0.29) is 23.1 Å². The lowest BCUT2D eigenvalue weighted by Crippen LogP contribution is -2.33. The quantitative estimate of drug-likeness (QED) is 0.241. The first kappa shape index (κ1) is 27.1. The van der Waals surface area contributed by atoms with Crippen molar-refractivity contribution >= 4 is 63.8 Å². The van der Waals surface area contributed by atoms with E-state index < -0.39 is 28.9 Å². The first-order chi connectivity index (χ1) is 19.7. The normalized spacial score (nSPS) is 19.6. The molecule has 12 heteroatoms. The average Bonchev–Trinajstić information content (AvgIpc) is 3.41. The van der Waals surface area contributed by atoms with Crippen LogP contribution in [0.4, 0.5) is 11.4 Å². The number of hydrogen-bond donors (Lipinski definition) is 2. The summed E-state index contributed by atoms with van der Waals surface area (Å²) in [7, 11) is 1.55. The van der Waals surface area contributed by atoms with Gasteiger partial charge in [0.25, 0.3) is 0 Å². The number of phenolic OH excluding ortho intramolecular Hbond substituents is 1. The Labute approximate surface area is 247 Å². The van der Waals surface area contributed by atoms with Gasteiger partial charge in [-0.3, -0.25) is 23.7 Å². The number of nitrogens with zero attached hydrogens (tertiary/aromatic N) is 2. The lowest BCUT2D eigenvalue weighted by Gasteiger charge is -2.30. The van der Waals surface area contributed by atoms with Gasteiger partial charge in [0.1, 0.15) is 23.3 Å². The Hall–Kier alpha value is -4.06. The van der Waals surface area contributed by atoms with E-state index in [1.807, 2.05) is 12.1 Å². The number of halogens is 1. The molecule has 2 aliphatic heterocycles. The molecule has 1 fully saturated rings. The van der Waals surface area contributed by atoms with Crippen molar-refractivity contribution in [2.45, 2.75) is 22.7 Å². The minimum atomic E-state index is -0.807. The smallest absolute Gasteiger partial charge is 0.308 e. The molecule has 3 heterocycles. The summed E-state index contributed by atoms with van der Waals surface area (Å²) in [4.78, 5) is 55.4. The number of phenols is 1. The average molecular weight is 608 g/mol. The summed E-state index contributed by atoms with van der Waals surface area (Å²) in [5, 5.41) is 12.4. The molecule has 6 rings (SSSR count). The Bertz CT molecular complexity index is 1720. The summed E-state index contributed by atoms with van der Waals surface area (Å²) in [6.45, 7) is -0.283. The van der Waals surface area contributed by atoms with Crippen LogP contribution in [0.25, 0.3) is 0 Å². The summed E-state index contributed by atoms with van der Waals surface area (Å²) in [5.74, 6) is -1.86. The Morgan fingerprint density at radius 1 is 0.976 bits per heavy atom. The van der Waals surface area contributed by atoms with Crippen LogP contribution in [0.2, 0.25) is 5.02 Å². The van der Waals surface area contributed by atoms with Gasteiger partial charge in [0.15, 0.2) is 0 Å². The van der Waals surface area contributed by atoms with E-state index >= 15 is 0 Å². The van der Waals surface area contributed by atoms with Gasteiger partial charge in [-0.2, -0.15) is 0 Å². The van der Waals surface area contributed by atoms with Crippen molar-refractivity contribution in [1.82, 2.24) is 4.57 Å². The second kappa shape index (κ2) is 10.7. The zero-order valence-electron chi connectivity index (χ0n) is 21.4. The molecule has 0 radical (unpaired) electrons. The highest BCUT2D eigenvalue weighted by Crippen LogP contribution is 2.54. The Morgan fingerprint density at radius 3 is 2.32 bits per heavy atom. The molecular weight excluding hydrogens is 586 g/mol. The number of hydrogen-bond acceptors (Lipinski definition) is 8. The maximum atomic E-state index is 13.9. The molecule has 0 aliphatic carbocycles. The number of fused-ring (bicyclic) bond motifs is 2. The molecule has 3 atom stereocenters. The number of methoxy groups -OCH3 is 1. The number of thiazole rings is 1. The molecule has 2 unspecified atom stereocenters. The predicted molar refractivity (Wildman–Crippen MR) is 157 cm³/mol. The summed E-state index contributed by atoms with van der Waals surface area (Å²) in [6, 6.07) is 19.7. The maximum absolute atomic E-state index is 13.9. The molecule has 3 aromatic carbocycles. The van der Waals surface area contributed by atoms with Gasteiger partial charge in [-0.1, -0.05) is 46.8 Å². The van der Waals surface area contributed by atoms with Crippen molar-refractivity contribution in [3.63, 3.8) is 0 Å². The highest BCUT2D eigenvalue weighted by molar-refractivity contribution is 8.00. The van der Waals surface area contributed by atoms with Crippen LogP contribution >= 0.6 is 34.7 Å². The number of rotatable bonds is 6. The lowest BCUT2D eigenvalue weighted by molar-refractivity contribution is -0.122. The second-order valence-corrected chi connectivity index (χ2v) is 12.1. The van der Waals surface area contributed by atoms with E-state index in [9.17, 15) is 24.3 Å². The van der Waals surface area contributed by atoms with Crippen LogP contribution in [-0.2, 0) is 20.9 Å². The van der Waals surface area contributed by atoms with E-state index in [0.717, 1.165) is 28.7 Å². The fraction of sp³-hybridized carbons (Fsp3) is 0.172. The van der Waals surface area contributed by atoms with Crippen molar-refractivity contribution in [2.24, 2.45) is 5.92 Å². The minimum absolute atomic E-state index is 0.0603. The van der Waals surface area contributed by atoms with Crippen LogP contribution in [0.5, 0.6) is 11.5 Å². The number of benzene rings is 3. The van der Waals surface area contributed by atoms with Crippen LogP contribution in [0.15, 0.2) is 82.6 Å². The molecule has 41 heavy (non-hydrogen) atoms. The van der Waals surface area contributed by atoms with Gasteiger partial charge in [-0.25, -0.2) is 4.90 Å². The molecule has 2 aliphatic rings. The zero-order valence-corrected chi connectivity index (χ0v) is 23.8. The number of imide groups is 1.